The maximum atomic E-state index is 12.6. The Morgan fingerprint density at radius 3 is 2.62 bits per heavy atom. The molecule has 1 N–H and O–H groups in total. The van der Waals surface area contributed by atoms with Gasteiger partial charge < -0.3 is 9.84 Å². The standard InChI is InChI=1S/C19H30ClN3O2S/c1-3-15-10-14(11-16(4-2)23(15)26-9-5-8-20)21-19(24)17-12-18(25-22-17)13-6-7-13/h12-16H,3-11H2,1-2H3,(H,21,24). The molecule has 1 aliphatic carbocycles. The van der Waals surface area contributed by atoms with Crippen molar-refractivity contribution >= 4 is 29.5 Å². The molecule has 0 aromatic carbocycles. The van der Waals surface area contributed by atoms with Gasteiger partial charge in [-0.05, 0) is 44.9 Å². The van der Waals surface area contributed by atoms with E-state index in [-0.39, 0.29) is 11.9 Å². The highest BCUT2D eigenvalue weighted by atomic mass is 35.5. The van der Waals surface area contributed by atoms with Gasteiger partial charge in [-0.2, -0.15) is 0 Å². The van der Waals surface area contributed by atoms with Gasteiger partial charge in [-0.15, -0.1) is 11.6 Å². The number of halogens is 1. The molecule has 2 heterocycles. The second kappa shape index (κ2) is 9.47. The average molecular weight is 400 g/mol. The summed E-state index contributed by atoms with van der Waals surface area (Å²) in [6.45, 7) is 4.46. The third kappa shape index (κ3) is 4.96. The van der Waals surface area contributed by atoms with Gasteiger partial charge in [0, 0.05) is 41.7 Å². The van der Waals surface area contributed by atoms with Crippen LogP contribution in [0.5, 0.6) is 0 Å². The van der Waals surface area contributed by atoms with Crippen LogP contribution in [0.25, 0.3) is 0 Å². The fourth-order valence-corrected chi connectivity index (χ4v) is 5.39. The number of carbonyl (C=O) groups excluding carboxylic acids is 1. The van der Waals surface area contributed by atoms with E-state index in [4.69, 9.17) is 16.1 Å². The third-order valence-corrected chi connectivity index (χ3v) is 7.00. The molecule has 2 atom stereocenters. The van der Waals surface area contributed by atoms with Crippen molar-refractivity contribution < 1.29 is 9.32 Å². The van der Waals surface area contributed by atoms with Crippen molar-refractivity contribution in [3.63, 3.8) is 0 Å². The van der Waals surface area contributed by atoms with E-state index in [0.29, 0.717) is 29.6 Å². The number of rotatable bonds is 9. The molecular formula is C19H30ClN3O2S. The van der Waals surface area contributed by atoms with Gasteiger partial charge in [0.05, 0.1) is 0 Å². The van der Waals surface area contributed by atoms with E-state index in [1.54, 1.807) is 0 Å². The number of hydrogen-bond acceptors (Lipinski definition) is 5. The quantitative estimate of drug-likeness (QED) is 0.374. The van der Waals surface area contributed by atoms with E-state index in [0.717, 1.165) is 56.5 Å². The third-order valence-electron chi connectivity index (χ3n) is 5.37. The van der Waals surface area contributed by atoms with E-state index >= 15 is 0 Å². The number of nitrogens with zero attached hydrogens (tertiary/aromatic N) is 2. The second-order valence-electron chi connectivity index (χ2n) is 7.39. The van der Waals surface area contributed by atoms with Gasteiger partial charge >= 0.3 is 0 Å². The first-order chi connectivity index (χ1) is 12.7. The Morgan fingerprint density at radius 1 is 1.35 bits per heavy atom. The molecule has 3 rings (SSSR count). The fraction of sp³-hybridized carbons (Fsp3) is 0.789. The minimum atomic E-state index is -0.0985. The summed E-state index contributed by atoms with van der Waals surface area (Å²) in [5, 5.41) is 7.18. The lowest BCUT2D eigenvalue weighted by Crippen LogP contribution is -2.52. The van der Waals surface area contributed by atoms with E-state index in [2.05, 4.69) is 28.6 Å². The van der Waals surface area contributed by atoms with Gasteiger partial charge in [-0.3, -0.25) is 4.79 Å². The van der Waals surface area contributed by atoms with Crippen LogP contribution in [0.15, 0.2) is 10.6 Å². The van der Waals surface area contributed by atoms with Gasteiger partial charge in [-0.1, -0.05) is 31.0 Å². The Balaban J connectivity index is 1.58. The summed E-state index contributed by atoms with van der Waals surface area (Å²) in [4.78, 5) is 12.6. The molecular weight excluding hydrogens is 370 g/mol. The monoisotopic (exact) mass is 399 g/mol. The normalized spacial score (nSPS) is 26.8. The first kappa shape index (κ1) is 20.0. The molecule has 7 heteroatoms. The van der Waals surface area contributed by atoms with Crippen molar-refractivity contribution in [2.45, 2.75) is 82.8 Å². The minimum Gasteiger partial charge on any atom is -0.360 e. The van der Waals surface area contributed by atoms with Gasteiger partial charge in [0.1, 0.15) is 5.76 Å². The molecule has 1 saturated carbocycles. The van der Waals surface area contributed by atoms with Crippen molar-refractivity contribution in [3.05, 3.63) is 17.5 Å². The highest BCUT2D eigenvalue weighted by Crippen LogP contribution is 2.40. The van der Waals surface area contributed by atoms with Crippen molar-refractivity contribution in [1.29, 1.82) is 0 Å². The predicted octanol–water partition coefficient (Wildman–Crippen LogP) is 4.58. The van der Waals surface area contributed by atoms with Crippen LogP contribution in [0, 0.1) is 0 Å². The van der Waals surface area contributed by atoms with Gasteiger partial charge in [0.25, 0.3) is 5.91 Å². The van der Waals surface area contributed by atoms with Crippen molar-refractivity contribution in [2.75, 3.05) is 11.6 Å². The van der Waals surface area contributed by atoms with Crippen molar-refractivity contribution in [1.82, 2.24) is 14.8 Å². The number of aromatic nitrogens is 1. The summed E-state index contributed by atoms with van der Waals surface area (Å²) in [7, 11) is 0. The molecule has 0 spiro atoms. The van der Waals surface area contributed by atoms with Gasteiger partial charge in [-0.25, -0.2) is 4.31 Å². The number of amides is 1. The summed E-state index contributed by atoms with van der Waals surface area (Å²) in [5.41, 5.74) is 0.423. The van der Waals surface area contributed by atoms with Crippen LogP contribution >= 0.6 is 23.5 Å². The number of alkyl halides is 1. The topological polar surface area (TPSA) is 58.4 Å². The van der Waals surface area contributed by atoms with Crippen LogP contribution in [0.4, 0.5) is 0 Å². The second-order valence-corrected chi connectivity index (χ2v) is 8.86. The molecule has 2 unspecified atom stereocenters. The summed E-state index contributed by atoms with van der Waals surface area (Å²) >= 11 is 7.76. The maximum absolute atomic E-state index is 12.6. The summed E-state index contributed by atoms with van der Waals surface area (Å²) in [5.74, 6) is 3.02. The lowest BCUT2D eigenvalue weighted by atomic mass is 9.91. The van der Waals surface area contributed by atoms with Crippen LogP contribution in [-0.4, -0.2) is 45.1 Å². The van der Waals surface area contributed by atoms with E-state index in [9.17, 15) is 4.79 Å². The Bertz CT molecular complexity index is 579. The Morgan fingerprint density at radius 2 is 2.04 bits per heavy atom. The Kier molecular flexibility index (Phi) is 7.29. The van der Waals surface area contributed by atoms with E-state index in [1.165, 1.54) is 0 Å². The molecule has 2 aliphatic rings. The zero-order valence-electron chi connectivity index (χ0n) is 15.7. The molecule has 5 nitrogen and oxygen atoms in total. The van der Waals surface area contributed by atoms with Crippen LogP contribution in [-0.2, 0) is 0 Å². The van der Waals surface area contributed by atoms with E-state index in [1.807, 2.05) is 18.0 Å². The lowest BCUT2D eigenvalue weighted by molar-refractivity contribution is 0.0875. The molecule has 1 aromatic rings. The smallest absolute Gasteiger partial charge is 0.273 e. The van der Waals surface area contributed by atoms with E-state index < -0.39 is 0 Å². The van der Waals surface area contributed by atoms with Gasteiger partial charge in [0.2, 0.25) is 0 Å². The molecule has 1 saturated heterocycles. The van der Waals surface area contributed by atoms with Crippen LogP contribution in [0.1, 0.15) is 81.0 Å². The first-order valence-corrected chi connectivity index (χ1v) is 11.4. The number of carbonyl (C=O) groups is 1. The SMILES string of the molecule is CCC1CC(NC(=O)c2cc(C3CC3)on2)CC(CC)N1SCCCCl. The highest BCUT2D eigenvalue weighted by molar-refractivity contribution is 7.97. The zero-order chi connectivity index (χ0) is 18.5. The Hall–Kier alpha value is -0.720. The Labute approximate surface area is 165 Å². The van der Waals surface area contributed by atoms with Crippen molar-refractivity contribution in [2.24, 2.45) is 0 Å². The largest absolute Gasteiger partial charge is 0.360 e. The van der Waals surface area contributed by atoms with Crippen LogP contribution < -0.4 is 5.32 Å². The average Bonchev–Trinajstić information content (AvgIpc) is 3.38. The zero-order valence-corrected chi connectivity index (χ0v) is 17.3. The maximum Gasteiger partial charge on any atom is 0.273 e. The number of hydrogen-bond donors (Lipinski definition) is 1. The van der Waals surface area contributed by atoms with Crippen LogP contribution in [0.3, 0.4) is 0 Å². The summed E-state index contributed by atoms with van der Waals surface area (Å²) < 4.78 is 7.89. The molecule has 26 heavy (non-hydrogen) atoms. The molecule has 146 valence electrons. The summed E-state index contributed by atoms with van der Waals surface area (Å²) in [6.07, 6.45) is 7.48. The predicted molar refractivity (Wildman–Crippen MR) is 107 cm³/mol. The molecule has 2 fully saturated rings. The number of piperidine rings is 1. The highest BCUT2D eigenvalue weighted by Gasteiger charge is 2.35. The lowest BCUT2D eigenvalue weighted by Gasteiger charge is -2.44. The first-order valence-electron chi connectivity index (χ1n) is 9.90. The van der Waals surface area contributed by atoms with Crippen LogP contribution in [0.2, 0.25) is 0 Å². The molecule has 1 aromatic heterocycles. The molecule has 0 radical (unpaired) electrons. The van der Waals surface area contributed by atoms with Crippen molar-refractivity contribution in [3.8, 4) is 0 Å². The number of nitrogens with one attached hydrogen (secondary N) is 1. The molecule has 0 bridgehead atoms. The summed E-state index contributed by atoms with van der Waals surface area (Å²) in [6, 6.07) is 2.99. The molecule has 1 amide bonds. The molecule has 1 aliphatic heterocycles. The fourth-order valence-electron chi connectivity index (χ4n) is 3.72. The van der Waals surface area contributed by atoms with Gasteiger partial charge in [0.15, 0.2) is 5.69 Å². The minimum absolute atomic E-state index is 0.0985.